The van der Waals surface area contributed by atoms with Gasteiger partial charge in [0.25, 0.3) is 5.56 Å². The summed E-state index contributed by atoms with van der Waals surface area (Å²) < 4.78 is 1.65. The smallest absolute Gasteiger partial charge is 0.262 e. The first-order valence-corrected chi connectivity index (χ1v) is 8.56. The Morgan fingerprint density at radius 1 is 1.30 bits per heavy atom. The third-order valence-electron chi connectivity index (χ3n) is 4.35. The van der Waals surface area contributed by atoms with E-state index >= 15 is 0 Å². The fourth-order valence-electron chi connectivity index (χ4n) is 3.23. The Balaban J connectivity index is 1.80. The van der Waals surface area contributed by atoms with E-state index in [9.17, 15) is 4.79 Å². The molecule has 0 saturated heterocycles. The van der Waals surface area contributed by atoms with Crippen LogP contribution >= 0.6 is 11.3 Å². The maximum absolute atomic E-state index is 12.9. The zero-order chi connectivity index (χ0) is 15.8. The number of hydrogen-bond acceptors (Lipinski definition) is 4. The molecule has 0 unspecified atom stereocenters. The molecule has 0 radical (unpaired) electrons. The van der Waals surface area contributed by atoms with E-state index in [1.807, 2.05) is 18.2 Å². The highest BCUT2D eigenvalue weighted by molar-refractivity contribution is 7.18. The van der Waals surface area contributed by atoms with Crippen molar-refractivity contribution in [3.63, 3.8) is 0 Å². The van der Waals surface area contributed by atoms with E-state index in [0.29, 0.717) is 12.1 Å². The highest BCUT2D eigenvalue weighted by atomic mass is 32.1. The number of hydrogen-bond donors (Lipinski definition) is 0. The van der Waals surface area contributed by atoms with Gasteiger partial charge in [-0.2, -0.15) is 5.26 Å². The molecule has 4 rings (SSSR count). The van der Waals surface area contributed by atoms with Gasteiger partial charge in [0, 0.05) is 4.88 Å². The minimum absolute atomic E-state index is 0.0387. The number of thiophene rings is 1. The van der Waals surface area contributed by atoms with Gasteiger partial charge in [-0.25, -0.2) is 4.98 Å². The Hall–Kier alpha value is -2.45. The summed E-state index contributed by atoms with van der Waals surface area (Å²) in [5, 5.41) is 9.81. The first-order chi connectivity index (χ1) is 11.3. The fourth-order valence-corrected chi connectivity index (χ4v) is 4.45. The minimum Gasteiger partial charge on any atom is -0.294 e. The molecule has 1 aliphatic rings. The fraction of sp³-hybridized carbons (Fsp3) is 0.278. The zero-order valence-corrected chi connectivity index (χ0v) is 13.4. The van der Waals surface area contributed by atoms with Gasteiger partial charge in [-0.15, -0.1) is 11.3 Å². The van der Waals surface area contributed by atoms with E-state index in [1.165, 1.54) is 16.9 Å². The molecule has 0 aliphatic heterocycles. The number of benzene rings is 1. The first kappa shape index (κ1) is 14.2. The molecule has 3 aromatic rings. The second-order valence-electron chi connectivity index (χ2n) is 5.88. The predicted octanol–water partition coefficient (Wildman–Crippen LogP) is 3.26. The SMILES string of the molecule is N#Cc1cccc(Cn2cnc3sc4c(c3c2=O)CCCC4)c1. The van der Waals surface area contributed by atoms with Crippen molar-refractivity contribution < 1.29 is 0 Å². The molecule has 4 nitrogen and oxygen atoms in total. The number of nitrogens with zero attached hydrogens (tertiary/aromatic N) is 3. The molecule has 0 atom stereocenters. The van der Waals surface area contributed by atoms with Gasteiger partial charge in [-0.3, -0.25) is 9.36 Å². The van der Waals surface area contributed by atoms with Crippen molar-refractivity contribution in [2.45, 2.75) is 32.2 Å². The molecule has 2 heterocycles. The molecule has 0 N–H and O–H groups in total. The lowest BCUT2D eigenvalue weighted by Crippen LogP contribution is -2.21. The van der Waals surface area contributed by atoms with Crippen LogP contribution in [0.2, 0.25) is 0 Å². The quantitative estimate of drug-likeness (QED) is 0.728. The van der Waals surface area contributed by atoms with E-state index in [-0.39, 0.29) is 5.56 Å². The Morgan fingerprint density at radius 3 is 3.04 bits per heavy atom. The largest absolute Gasteiger partial charge is 0.294 e. The van der Waals surface area contributed by atoms with Crippen molar-refractivity contribution in [1.29, 1.82) is 5.26 Å². The highest BCUT2D eigenvalue weighted by Gasteiger charge is 2.19. The van der Waals surface area contributed by atoms with Crippen LogP contribution in [-0.2, 0) is 19.4 Å². The molecule has 0 fully saturated rings. The normalized spacial score (nSPS) is 13.7. The van der Waals surface area contributed by atoms with E-state index in [1.54, 1.807) is 28.3 Å². The van der Waals surface area contributed by atoms with Gasteiger partial charge >= 0.3 is 0 Å². The Kier molecular flexibility index (Phi) is 3.47. The number of aromatic nitrogens is 2. The van der Waals surface area contributed by atoms with E-state index in [0.717, 1.165) is 35.0 Å². The van der Waals surface area contributed by atoms with Gasteiger partial charge in [0.05, 0.1) is 29.9 Å². The standard InChI is InChI=1S/C18H15N3OS/c19-9-12-4-3-5-13(8-12)10-21-11-20-17-16(18(21)22)14-6-1-2-7-15(14)23-17/h3-5,8,11H,1-2,6-7,10H2. The first-order valence-electron chi connectivity index (χ1n) is 7.75. The van der Waals surface area contributed by atoms with Crippen molar-refractivity contribution in [3.8, 4) is 6.07 Å². The maximum Gasteiger partial charge on any atom is 0.262 e. The van der Waals surface area contributed by atoms with Crippen LogP contribution in [0.4, 0.5) is 0 Å². The van der Waals surface area contributed by atoms with Gasteiger partial charge < -0.3 is 0 Å². The summed E-state index contributed by atoms with van der Waals surface area (Å²) in [5.41, 5.74) is 2.81. The number of fused-ring (bicyclic) bond motifs is 3. The Bertz CT molecular complexity index is 994. The van der Waals surface area contributed by atoms with Crippen molar-refractivity contribution >= 4 is 21.6 Å². The van der Waals surface area contributed by atoms with Crippen LogP contribution in [0.15, 0.2) is 35.4 Å². The van der Waals surface area contributed by atoms with Crippen molar-refractivity contribution in [2.24, 2.45) is 0 Å². The molecule has 0 amide bonds. The van der Waals surface area contributed by atoms with E-state index in [2.05, 4.69) is 11.1 Å². The van der Waals surface area contributed by atoms with Crippen LogP contribution in [-0.4, -0.2) is 9.55 Å². The van der Waals surface area contributed by atoms with Gasteiger partial charge in [-0.05, 0) is 48.9 Å². The predicted molar refractivity (Wildman–Crippen MR) is 90.8 cm³/mol. The van der Waals surface area contributed by atoms with E-state index < -0.39 is 0 Å². The molecule has 1 aromatic carbocycles. The molecule has 0 bridgehead atoms. The number of aryl methyl sites for hydroxylation is 2. The summed E-state index contributed by atoms with van der Waals surface area (Å²) in [7, 11) is 0. The van der Waals surface area contributed by atoms with E-state index in [4.69, 9.17) is 5.26 Å². The van der Waals surface area contributed by atoms with Crippen LogP contribution in [0.5, 0.6) is 0 Å². The summed E-state index contributed by atoms with van der Waals surface area (Å²) in [5.74, 6) is 0. The molecule has 0 spiro atoms. The third-order valence-corrected chi connectivity index (χ3v) is 5.55. The summed E-state index contributed by atoms with van der Waals surface area (Å²) in [6.45, 7) is 0.446. The Morgan fingerprint density at radius 2 is 2.17 bits per heavy atom. The molecular formula is C18H15N3OS. The van der Waals surface area contributed by atoms with Crippen molar-refractivity contribution in [3.05, 3.63) is 62.5 Å². The monoisotopic (exact) mass is 321 g/mol. The molecular weight excluding hydrogens is 306 g/mol. The molecule has 23 heavy (non-hydrogen) atoms. The Labute approximate surface area is 137 Å². The van der Waals surface area contributed by atoms with Crippen LogP contribution in [0, 0.1) is 11.3 Å². The van der Waals surface area contributed by atoms with Gasteiger partial charge in [0.15, 0.2) is 0 Å². The van der Waals surface area contributed by atoms with Gasteiger partial charge in [0.1, 0.15) is 4.83 Å². The average Bonchev–Trinajstić information content (AvgIpc) is 2.97. The minimum atomic E-state index is 0.0387. The van der Waals surface area contributed by atoms with Crippen LogP contribution in [0.25, 0.3) is 10.2 Å². The van der Waals surface area contributed by atoms with Crippen LogP contribution in [0.1, 0.15) is 34.4 Å². The third kappa shape index (κ3) is 2.45. The summed E-state index contributed by atoms with van der Waals surface area (Å²) in [4.78, 5) is 19.6. The highest BCUT2D eigenvalue weighted by Crippen LogP contribution is 2.33. The second kappa shape index (κ2) is 5.64. The molecule has 2 aromatic heterocycles. The van der Waals surface area contributed by atoms with Gasteiger partial charge in [-0.1, -0.05) is 12.1 Å². The number of nitriles is 1. The molecule has 5 heteroatoms. The average molecular weight is 321 g/mol. The lowest BCUT2D eigenvalue weighted by Gasteiger charge is -2.10. The molecule has 0 saturated carbocycles. The summed E-state index contributed by atoms with van der Waals surface area (Å²) in [6.07, 6.45) is 6.04. The summed E-state index contributed by atoms with van der Waals surface area (Å²) in [6, 6.07) is 9.49. The molecule has 114 valence electrons. The molecule has 1 aliphatic carbocycles. The maximum atomic E-state index is 12.9. The lowest BCUT2D eigenvalue weighted by atomic mass is 9.97. The second-order valence-corrected chi connectivity index (χ2v) is 6.96. The van der Waals surface area contributed by atoms with Crippen LogP contribution in [0.3, 0.4) is 0 Å². The van der Waals surface area contributed by atoms with Gasteiger partial charge in [0.2, 0.25) is 0 Å². The van der Waals surface area contributed by atoms with Crippen LogP contribution < -0.4 is 5.56 Å². The number of rotatable bonds is 2. The van der Waals surface area contributed by atoms with Crippen molar-refractivity contribution in [2.75, 3.05) is 0 Å². The zero-order valence-electron chi connectivity index (χ0n) is 12.6. The lowest BCUT2D eigenvalue weighted by molar-refractivity contribution is 0.697. The summed E-state index contributed by atoms with van der Waals surface area (Å²) >= 11 is 1.67. The van der Waals surface area contributed by atoms with Crippen molar-refractivity contribution in [1.82, 2.24) is 9.55 Å². The topological polar surface area (TPSA) is 58.7 Å².